The molecule has 174 valence electrons. The second kappa shape index (κ2) is 13.1. The average molecular weight is 499 g/mol. The van der Waals surface area contributed by atoms with E-state index in [4.69, 9.17) is 23.2 Å². The van der Waals surface area contributed by atoms with E-state index < -0.39 is 6.04 Å². The summed E-state index contributed by atoms with van der Waals surface area (Å²) in [6, 6.07) is 11.1. The summed E-state index contributed by atoms with van der Waals surface area (Å²) >= 11 is 13.5. The minimum Gasteiger partial charge on any atom is -0.352 e. The molecule has 0 heterocycles. The standard InChI is InChI=1S/C24H29Cl2FN2O2S/c1-4-16(3)28-24(31)22(5-2)29(13-17-10-11-19(25)20(26)12-17)23(30)15-32-14-18-8-6-7-9-21(18)27/h6-12,16,22H,4-5,13-15H2,1-3H3,(H,28,31)/t16-,22+/m1/s1. The molecule has 0 aromatic heterocycles. The van der Waals surface area contributed by atoms with Gasteiger partial charge in [-0.3, -0.25) is 9.59 Å². The molecule has 0 saturated carbocycles. The molecule has 2 aromatic rings. The molecule has 2 amide bonds. The summed E-state index contributed by atoms with van der Waals surface area (Å²) in [7, 11) is 0. The van der Waals surface area contributed by atoms with Crippen LogP contribution in [0.3, 0.4) is 0 Å². The van der Waals surface area contributed by atoms with Gasteiger partial charge in [-0.2, -0.15) is 0 Å². The number of carbonyl (C=O) groups excluding carboxylic acids is 2. The van der Waals surface area contributed by atoms with Crippen molar-refractivity contribution < 1.29 is 14.0 Å². The maximum absolute atomic E-state index is 13.9. The molecule has 0 fully saturated rings. The number of nitrogens with zero attached hydrogens (tertiary/aromatic N) is 1. The molecule has 0 aliphatic heterocycles. The summed E-state index contributed by atoms with van der Waals surface area (Å²) < 4.78 is 13.9. The Morgan fingerprint density at radius 2 is 1.81 bits per heavy atom. The van der Waals surface area contributed by atoms with Gasteiger partial charge in [0.05, 0.1) is 15.8 Å². The van der Waals surface area contributed by atoms with Crippen LogP contribution in [0.1, 0.15) is 44.7 Å². The van der Waals surface area contributed by atoms with Crippen molar-refractivity contribution in [2.75, 3.05) is 5.75 Å². The lowest BCUT2D eigenvalue weighted by atomic mass is 10.1. The Hall–Kier alpha value is -1.76. The van der Waals surface area contributed by atoms with Crippen LogP contribution in [0.15, 0.2) is 42.5 Å². The van der Waals surface area contributed by atoms with Gasteiger partial charge in [0.25, 0.3) is 0 Å². The van der Waals surface area contributed by atoms with E-state index in [0.29, 0.717) is 27.8 Å². The summed E-state index contributed by atoms with van der Waals surface area (Å²) in [4.78, 5) is 27.7. The lowest BCUT2D eigenvalue weighted by molar-refractivity contribution is -0.139. The highest BCUT2D eigenvalue weighted by Crippen LogP contribution is 2.25. The molecular formula is C24H29Cl2FN2O2S. The van der Waals surface area contributed by atoms with Crippen molar-refractivity contribution in [3.8, 4) is 0 Å². The fraction of sp³-hybridized carbons (Fsp3) is 0.417. The van der Waals surface area contributed by atoms with Gasteiger partial charge in [0.15, 0.2) is 0 Å². The molecule has 0 spiro atoms. The zero-order chi connectivity index (χ0) is 23.7. The fourth-order valence-corrected chi connectivity index (χ4v) is 4.36. The lowest BCUT2D eigenvalue weighted by Crippen LogP contribution is -2.51. The molecule has 1 N–H and O–H groups in total. The van der Waals surface area contributed by atoms with Crippen LogP contribution in [0.2, 0.25) is 10.0 Å². The number of carbonyl (C=O) groups is 2. The molecule has 2 atom stereocenters. The lowest BCUT2D eigenvalue weighted by Gasteiger charge is -2.31. The summed E-state index contributed by atoms with van der Waals surface area (Å²) in [5.41, 5.74) is 1.32. The van der Waals surface area contributed by atoms with Crippen molar-refractivity contribution >= 4 is 46.8 Å². The monoisotopic (exact) mass is 498 g/mol. The van der Waals surface area contributed by atoms with E-state index in [9.17, 15) is 14.0 Å². The third-order valence-corrected chi connectivity index (χ3v) is 6.87. The molecule has 2 aromatic carbocycles. The van der Waals surface area contributed by atoms with Crippen molar-refractivity contribution in [1.82, 2.24) is 10.2 Å². The average Bonchev–Trinajstić information content (AvgIpc) is 2.77. The van der Waals surface area contributed by atoms with Gasteiger partial charge < -0.3 is 10.2 Å². The predicted octanol–water partition coefficient (Wildman–Crippen LogP) is 6.09. The van der Waals surface area contributed by atoms with E-state index >= 15 is 0 Å². The van der Waals surface area contributed by atoms with Crippen LogP contribution in [0.4, 0.5) is 4.39 Å². The minimum atomic E-state index is -0.625. The molecule has 0 aliphatic rings. The van der Waals surface area contributed by atoms with Gasteiger partial charge in [-0.25, -0.2) is 4.39 Å². The molecule has 0 radical (unpaired) electrons. The second-order valence-electron chi connectivity index (χ2n) is 7.60. The van der Waals surface area contributed by atoms with Crippen molar-refractivity contribution in [3.05, 3.63) is 69.5 Å². The molecule has 2 rings (SSSR count). The number of thioether (sulfide) groups is 1. The molecule has 0 aliphatic carbocycles. The summed E-state index contributed by atoms with van der Waals surface area (Å²) in [6.07, 6.45) is 1.26. The van der Waals surface area contributed by atoms with E-state index in [-0.39, 0.29) is 36.0 Å². The third-order valence-electron chi connectivity index (χ3n) is 5.16. The van der Waals surface area contributed by atoms with Gasteiger partial charge in [-0.05, 0) is 49.1 Å². The molecule has 32 heavy (non-hydrogen) atoms. The summed E-state index contributed by atoms with van der Waals surface area (Å²) in [5, 5.41) is 3.79. The van der Waals surface area contributed by atoms with Crippen LogP contribution >= 0.6 is 35.0 Å². The van der Waals surface area contributed by atoms with E-state index in [2.05, 4.69) is 5.32 Å². The molecule has 0 unspecified atom stereocenters. The van der Waals surface area contributed by atoms with Crippen LogP contribution in [0.5, 0.6) is 0 Å². The van der Waals surface area contributed by atoms with Crippen LogP contribution in [0.25, 0.3) is 0 Å². The second-order valence-corrected chi connectivity index (χ2v) is 9.40. The number of hydrogen-bond donors (Lipinski definition) is 1. The van der Waals surface area contributed by atoms with E-state index in [1.807, 2.05) is 20.8 Å². The fourth-order valence-electron chi connectivity index (χ4n) is 3.14. The van der Waals surface area contributed by atoms with Gasteiger partial charge in [0.2, 0.25) is 11.8 Å². The van der Waals surface area contributed by atoms with Crippen LogP contribution in [-0.4, -0.2) is 34.6 Å². The number of amides is 2. The van der Waals surface area contributed by atoms with Crippen molar-refractivity contribution in [1.29, 1.82) is 0 Å². The molecule has 0 saturated heterocycles. The SMILES string of the molecule is CC[C@@H](C)NC(=O)[C@H](CC)N(Cc1ccc(Cl)c(Cl)c1)C(=O)CSCc1ccccc1F. The number of nitrogens with one attached hydrogen (secondary N) is 1. The molecular weight excluding hydrogens is 470 g/mol. The first-order chi connectivity index (χ1) is 15.3. The third kappa shape index (κ3) is 7.68. The van der Waals surface area contributed by atoms with Gasteiger partial charge in [0, 0.05) is 18.3 Å². The minimum absolute atomic E-state index is 0.00825. The normalized spacial score (nSPS) is 12.8. The first-order valence-electron chi connectivity index (χ1n) is 10.6. The Balaban J connectivity index is 2.18. The Labute approximate surface area is 203 Å². The van der Waals surface area contributed by atoms with Crippen LogP contribution in [-0.2, 0) is 21.9 Å². The zero-order valence-electron chi connectivity index (χ0n) is 18.5. The maximum Gasteiger partial charge on any atom is 0.243 e. The van der Waals surface area contributed by atoms with Crippen molar-refractivity contribution in [2.45, 2.75) is 58.0 Å². The largest absolute Gasteiger partial charge is 0.352 e. The van der Waals surface area contributed by atoms with Gasteiger partial charge >= 0.3 is 0 Å². The quantitative estimate of drug-likeness (QED) is 0.407. The highest BCUT2D eigenvalue weighted by Gasteiger charge is 2.29. The Kier molecular flexibility index (Phi) is 10.8. The molecule has 8 heteroatoms. The Morgan fingerprint density at radius 1 is 1.09 bits per heavy atom. The Morgan fingerprint density at radius 3 is 2.44 bits per heavy atom. The van der Waals surface area contributed by atoms with Crippen LogP contribution in [0, 0.1) is 5.82 Å². The smallest absolute Gasteiger partial charge is 0.243 e. The highest BCUT2D eigenvalue weighted by molar-refractivity contribution is 7.99. The van der Waals surface area contributed by atoms with Gasteiger partial charge in [0.1, 0.15) is 11.9 Å². The number of rotatable bonds is 11. The predicted molar refractivity (Wildman–Crippen MR) is 132 cm³/mol. The van der Waals surface area contributed by atoms with E-state index in [1.54, 1.807) is 41.3 Å². The first kappa shape index (κ1) is 26.5. The zero-order valence-corrected chi connectivity index (χ0v) is 20.9. The molecule has 4 nitrogen and oxygen atoms in total. The number of halogens is 3. The van der Waals surface area contributed by atoms with E-state index in [1.165, 1.54) is 17.8 Å². The maximum atomic E-state index is 13.9. The molecule has 0 bridgehead atoms. The Bertz CT molecular complexity index is 929. The van der Waals surface area contributed by atoms with E-state index in [0.717, 1.165) is 12.0 Å². The van der Waals surface area contributed by atoms with Crippen LogP contribution < -0.4 is 5.32 Å². The van der Waals surface area contributed by atoms with Gasteiger partial charge in [-0.1, -0.05) is 61.3 Å². The summed E-state index contributed by atoms with van der Waals surface area (Å²) in [5.74, 6) is -0.171. The van der Waals surface area contributed by atoms with Gasteiger partial charge in [-0.15, -0.1) is 11.8 Å². The first-order valence-corrected chi connectivity index (χ1v) is 12.5. The van der Waals surface area contributed by atoms with Crippen molar-refractivity contribution in [2.24, 2.45) is 0 Å². The van der Waals surface area contributed by atoms with Crippen molar-refractivity contribution in [3.63, 3.8) is 0 Å². The highest BCUT2D eigenvalue weighted by atomic mass is 35.5. The number of benzene rings is 2. The summed E-state index contributed by atoms with van der Waals surface area (Å²) in [6.45, 7) is 6.02. The topological polar surface area (TPSA) is 49.4 Å². The number of hydrogen-bond acceptors (Lipinski definition) is 3.